The molecular weight excluding hydrogens is 364 g/mol. The molecule has 1 heterocycles. The van der Waals surface area contributed by atoms with Crippen molar-refractivity contribution in [2.75, 3.05) is 6.26 Å². The van der Waals surface area contributed by atoms with Gasteiger partial charge in [0.25, 0.3) is 0 Å². The van der Waals surface area contributed by atoms with Gasteiger partial charge in [-0.2, -0.15) is 4.98 Å². The van der Waals surface area contributed by atoms with Crippen molar-refractivity contribution in [1.29, 1.82) is 0 Å². The number of ether oxygens (including phenoxy) is 3. The Kier molecular flexibility index (Phi) is 5.51. The van der Waals surface area contributed by atoms with Crippen LogP contribution in [0.15, 0.2) is 53.8 Å². The van der Waals surface area contributed by atoms with Crippen molar-refractivity contribution in [3.05, 3.63) is 48.7 Å². The van der Waals surface area contributed by atoms with Crippen LogP contribution < -0.4 is 9.47 Å². The van der Waals surface area contributed by atoms with Crippen LogP contribution in [0, 0.1) is 0 Å². The zero-order valence-electron chi connectivity index (χ0n) is 15.6. The van der Waals surface area contributed by atoms with Gasteiger partial charge < -0.3 is 14.2 Å². The molecule has 0 fully saturated rings. The number of rotatable bonds is 4. The van der Waals surface area contributed by atoms with E-state index in [0.717, 1.165) is 10.8 Å². The molecule has 0 amide bonds. The molecular formula is C20H20N2O4S. The van der Waals surface area contributed by atoms with Gasteiger partial charge in [-0.3, -0.25) is 0 Å². The second-order valence-electron chi connectivity index (χ2n) is 6.66. The number of aromatic nitrogens is 2. The zero-order chi connectivity index (χ0) is 19.4. The summed E-state index contributed by atoms with van der Waals surface area (Å²) >= 11 is 1.44. The molecule has 0 aliphatic carbocycles. The highest BCUT2D eigenvalue weighted by atomic mass is 32.2. The van der Waals surface area contributed by atoms with Crippen LogP contribution >= 0.6 is 11.8 Å². The molecule has 0 spiro atoms. The van der Waals surface area contributed by atoms with Gasteiger partial charge in [0.2, 0.25) is 5.88 Å². The minimum atomic E-state index is -0.748. The topological polar surface area (TPSA) is 70.5 Å². The number of hydrogen-bond acceptors (Lipinski definition) is 7. The summed E-state index contributed by atoms with van der Waals surface area (Å²) < 4.78 is 16.6. The van der Waals surface area contributed by atoms with Gasteiger partial charge in [-0.15, -0.1) is 0 Å². The summed E-state index contributed by atoms with van der Waals surface area (Å²) in [5.41, 5.74) is -0.627. The van der Waals surface area contributed by atoms with Crippen molar-refractivity contribution < 1.29 is 19.0 Å². The molecule has 0 aliphatic rings. The third kappa shape index (κ3) is 4.89. The van der Waals surface area contributed by atoms with Gasteiger partial charge in [0.1, 0.15) is 17.1 Å². The van der Waals surface area contributed by atoms with Crippen LogP contribution in [-0.2, 0) is 4.74 Å². The first kappa shape index (κ1) is 19.0. The molecule has 0 saturated heterocycles. The van der Waals surface area contributed by atoms with E-state index in [1.165, 1.54) is 11.8 Å². The number of nitrogens with zero attached hydrogens (tertiary/aromatic N) is 2. The molecule has 140 valence electrons. The molecule has 0 unspecified atom stereocenters. The Morgan fingerprint density at radius 2 is 1.67 bits per heavy atom. The molecule has 0 bridgehead atoms. The van der Waals surface area contributed by atoms with Crippen molar-refractivity contribution in [2.24, 2.45) is 0 Å². The van der Waals surface area contributed by atoms with Gasteiger partial charge in [0, 0.05) is 23.0 Å². The van der Waals surface area contributed by atoms with Gasteiger partial charge >= 0.3 is 6.16 Å². The van der Waals surface area contributed by atoms with Gasteiger partial charge in [0.05, 0.1) is 0 Å². The van der Waals surface area contributed by atoms with E-state index in [-0.39, 0.29) is 0 Å². The molecule has 0 radical (unpaired) electrons. The van der Waals surface area contributed by atoms with Crippen molar-refractivity contribution in [1.82, 2.24) is 9.97 Å². The maximum atomic E-state index is 12.0. The summed E-state index contributed by atoms with van der Waals surface area (Å²) in [5, 5.41) is 2.16. The Bertz CT molecular complexity index is 970. The van der Waals surface area contributed by atoms with E-state index in [2.05, 4.69) is 9.97 Å². The van der Waals surface area contributed by atoms with Gasteiger partial charge in [-0.1, -0.05) is 36.0 Å². The fourth-order valence-electron chi connectivity index (χ4n) is 2.38. The van der Waals surface area contributed by atoms with E-state index in [1.807, 2.05) is 30.5 Å². The highest BCUT2D eigenvalue weighted by Crippen LogP contribution is 2.35. The first-order chi connectivity index (χ1) is 12.9. The van der Waals surface area contributed by atoms with Crippen molar-refractivity contribution >= 4 is 28.7 Å². The summed E-state index contributed by atoms with van der Waals surface area (Å²) in [6.45, 7) is 5.36. The van der Waals surface area contributed by atoms with Crippen LogP contribution in [0.5, 0.6) is 17.4 Å². The molecule has 0 aliphatic heterocycles. The third-order valence-corrected chi connectivity index (χ3v) is 3.99. The first-order valence-electron chi connectivity index (χ1n) is 8.33. The summed E-state index contributed by atoms with van der Waals surface area (Å²) in [6, 6.07) is 12.6. The Labute approximate surface area is 161 Å². The van der Waals surface area contributed by atoms with E-state index in [1.54, 1.807) is 45.2 Å². The maximum Gasteiger partial charge on any atom is 0.514 e. The lowest BCUT2D eigenvalue weighted by atomic mass is 10.1. The van der Waals surface area contributed by atoms with E-state index < -0.39 is 11.8 Å². The molecule has 27 heavy (non-hydrogen) atoms. The number of benzene rings is 2. The SMILES string of the molecule is CSc1nccc(Oc2ccc(OC(=O)OC(C)(C)C)c3ccccc23)n1. The normalized spacial score (nSPS) is 11.3. The molecule has 0 saturated carbocycles. The van der Waals surface area contributed by atoms with Crippen LogP contribution in [0.2, 0.25) is 0 Å². The Hall–Kier alpha value is -2.80. The summed E-state index contributed by atoms with van der Waals surface area (Å²) in [6.07, 6.45) is 2.80. The smallest absolute Gasteiger partial charge is 0.438 e. The molecule has 1 aromatic heterocycles. The predicted molar refractivity (Wildman–Crippen MR) is 105 cm³/mol. The minimum Gasteiger partial charge on any atom is -0.438 e. The third-order valence-electron chi connectivity index (χ3n) is 3.43. The lowest BCUT2D eigenvalue weighted by Gasteiger charge is -2.19. The Balaban J connectivity index is 1.92. The maximum absolute atomic E-state index is 12.0. The largest absolute Gasteiger partial charge is 0.514 e. The fourth-order valence-corrected chi connectivity index (χ4v) is 2.72. The predicted octanol–water partition coefficient (Wildman–Crippen LogP) is 5.46. The molecule has 0 atom stereocenters. The summed E-state index contributed by atoms with van der Waals surface area (Å²) in [4.78, 5) is 20.5. The summed E-state index contributed by atoms with van der Waals surface area (Å²) in [5.74, 6) is 1.45. The summed E-state index contributed by atoms with van der Waals surface area (Å²) in [7, 11) is 0. The second-order valence-corrected chi connectivity index (χ2v) is 7.43. The quantitative estimate of drug-likeness (QED) is 0.256. The van der Waals surface area contributed by atoms with E-state index in [9.17, 15) is 4.79 Å². The fraction of sp³-hybridized carbons (Fsp3) is 0.250. The van der Waals surface area contributed by atoms with Crippen LogP contribution in [0.4, 0.5) is 4.79 Å². The monoisotopic (exact) mass is 384 g/mol. The molecule has 3 aromatic rings. The van der Waals surface area contributed by atoms with Crippen molar-refractivity contribution in [3.63, 3.8) is 0 Å². The number of hydrogen-bond donors (Lipinski definition) is 0. The van der Waals surface area contributed by atoms with Crippen LogP contribution in [0.25, 0.3) is 10.8 Å². The van der Waals surface area contributed by atoms with E-state index in [0.29, 0.717) is 22.5 Å². The van der Waals surface area contributed by atoms with Gasteiger partial charge in [-0.05, 0) is 39.2 Å². The van der Waals surface area contributed by atoms with Crippen molar-refractivity contribution in [2.45, 2.75) is 31.5 Å². The molecule has 2 aromatic carbocycles. The average Bonchev–Trinajstić information content (AvgIpc) is 2.62. The zero-order valence-corrected chi connectivity index (χ0v) is 16.4. The molecule has 3 rings (SSSR count). The lowest BCUT2D eigenvalue weighted by molar-refractivity contribution is 0.0209. The number of thioether (sulfide) groups is 1. The van der Waals surface area contributed by atoms with E-state index >= 15 is 0 Å². The van der Waals surface area contributed by atoms with Crippen LogP contribution in [0.1, 0.15) is 20.8 Å². The molecule has 7 heteroatoms. The first-order valence-corrected chi connectivity index (χ1v) is 9.56. The second kappa shape index (κ2) is 7.84. The number of carbonyl (C=O) groups excluding carboxylic acids is 1. The van der Waals surface area contributed by atoms with Crippen LogP contribution in [-0.4, -0.2) is 28.0 Å². The van der Waals surface area contributed by atoms with Gasteiger partial charge in [0.15, 0.2) is 5.16 Å². The number of carbonyl (C=O) groups is 1. The molecule has 0 N–H and O–H groups in total. The highest BCUT2D eigenvalue weighted by Gasteiger charge is 2.19. The Morgan fingerprint density at radius 1 is 1.00 bits per heavy atom. The standard InChI is InChI=1S/C20H20N2O4S/c1-20(2,3)26-19(23)25-16-10-9-15(13-7-5-6-8-14(13)16)24-17-11-12-21-18(22-17)27-4/h5-12H,1-4H3. The highest BCUT2D eigenvalue weighted by molar-refractivity contribution is 7.98. The number of fused-ring (bicyclic) bond motifs is 1. The minimum absolute atomic E-state index is 0.402. The van der Waals surface area contributed by atoms with Crippen LogP contribution in [0.3, 0.4) is 0 Å². The lowest BCUT2D eigenvalue weighted by Crippen LogP contribution is -2.26. The molecule has 6 nitrogen and oxygen atoms in total. The average molecular weight is 384 g/mol. The van der Waals surface area contributed by atoms with Crippen molar-refractivity contribution in [3.8, 4) is 17.4 Å². The Morgan fingerprint density at radius 3 is 2.33 bits per heavy atom. The van der Waals surface area contributed by atoms with E-state index in [4.69, 9.17) is 14.2 Å². The van der Waals surface area contributed by atoms with Gasteiger partial charge in [-0.25, -0.2) is 9.78 Å².